The van der Waals surface area contributed by atoms with Gasteiger partial charge in [-0.25, -0.2) is 0 Å². The van der Waals surface area contributed by atoms with E-state index in [4.69, 9.17) is 0 Å². The van der Waals surface area contributed by atoms with Gasteiger partial charge in [0.1, 0.15) is 0 Å². The molecular weight excluding hydrogens is 164 g/mol. The Bertz CT molecular complexity index is 261. The fourth-order valence-corrected chi connectivity index (χ4v) is 4.07. The van der Waals surface area contributed by atoms with E-state index in [1.54, 1.807) is 0 Å². The van der Waals surface area contributed by atoms with Gasteiger partial charge in [0.15, 0.2) is 0 Å². The molecule has 72 valence electrons. The summed E-state index contributed by atoms with van der Waals surface area (Å²) in [6, 6.07) is 0. The van der Waals surface area contributed by atoms with Crippen molar-refractivity contribution < 1.29 is 10.2 Å². The maximum absolute atomic E-state index is 9.82. The molecule has 0 aromatic rings. The van der Waals surface area contributed by atoms with E-state index < -0.39 is 0 Å². The molecule has 0 saturated heterocycles. The van der Waals surface area contributed by atoms with E-state index in [0.717, 1.165) is 0 Å². The van der Waals surface area contributed by atoms with Gasteiger partial charge in [0.2, 0.25) is 0 Å². The number of hydrogen-bond donors (Lipinski definition) is 2. The molecule has 2 nitrogen and oxygen atoms in total. The zero-order valence-electron chi connectivity index (χ0n) is 7.69. The summed E-state index contributed by atoms with van der Waals surface area (Å²) >= 11 is 0. The molecule has 3 rings (SSSR count). The zero-order valence-corrected chi connectivity index (χ0v) is 7.69. The lowest BCUT2D eigenvalue weighted by Gasteiger charge is -2.38. The van der Waals surface area contributed by atoms with Crippen LogP contribution in [0.4, 0.5) is 0 Å². The van der Waals surface area contributed by atoms with Crippen LogP contribution in [0.3, 0.4) is 0 Å². The molecule has 0 aliphatic heterocycles. The molecule has 3 unspecified atom stereocenters. The van der Waals surface area contributed by atoms with Crippen molar-refractivity contribution in [3.63, 3.8) is 0 Å². The number of aliphatic hydroxyl groups is 2. The second-order valence-electron chi connectivity index (χ2n) is 4.92. The predicted octanol–water partition coefficient (Wildman–Crippen LogP) is 0.942. The molecule has 3 aliphatic carbocycles. The van der Waals surface area contributed by atoms with Crippen LogP contribution in [0.1, 0.15) is 19.3 Å². The molecule has 2 bridgehead atoms. The molecule has 2 fully saturated rings. The van der Waals surface area contributed by atoms with Gasteiger partial charge in [-0.2, -0.15) is 0 Å². The Labute approximate surface area is 78.3 Å². The number of rotatable bonds is 1. The van der Waals surface area contributed by atoms with Gasteiger partial charge in [0.05, 0.1) is 12.7 Å². The molecule has 5 atom stereocenters. The van der Waals surface area contributed by atoms with Crippen molar-refractivity contribution in [1.29, 1.82) is 0 Å². The van der Waals surface area contributed by atoms with E-state index in [-0.39, 0.29) is 18.1 Å². The van der Waals surface area contributed by atoms with Crippen LogP contribution in [0, 0.1) is 23.2 Å². The lowest BCUT2D eigenvalue weighted by Crippen LogP contribution is -2.39. The van der Waals surface area contributed by atoms with Crippen LogP contribution in [0.5, 0.6) is 0 Å². The van der Waals surface area contributed by atoms with Gasteiger partial charge in [0.25, 0.3) is 0 Å². The molecular formula is C11H16O2. The number of aliphatic hydroxyl groups excluding tert-OH is 2. The van der Waals surface area contributed by atoms with Gasteiger partial charge in [-0.1, -0.05) is 12.2 Å². The third kappa shape index (κ3) is 0.767. The minimum Gasteiger partial charge on any atom is -0.395 e. The molecule has 0 radical (unpaired) electrons. The SMILES string of the molecule is OC[C@]12C=C[C@@H](O)C1C1CCC2C1. The Balaban J connectivity index is 2.03. The minimum absolute atomic E-state index is 0.0394. The van der Waals surface area contributed by atoms with Gasteiger partial charge in [-0.05, 0) is 31.1 Å². The molecule has 0 aromatic heterocycles. The van der Waals surface area contributed by atoms with E-state index in [0.29, 0.717) is 17.8 Å². The van der Waals surface area contributed by atoms with Crippen molar-refractivity contribution in [3.05, 3.63) is 12.2 Å². The van der Waals surface area contributed by atoms with Crippen molar-refractivity contribution in [1.82, 2.24) is 0 Å². The highest BCUT2D eigenvalue weighted by molar-refractivity contribution is 5.24. The van der Waals surface area contributed by atoms with E-state index in [9.17, 15) is 10.2 Å². The Morgan fingerprint density at radius 2 is 2.23 bits per heavy atom. The number of fused-ring (bicyclic) bond motifs is 5. The first-order valence-corrected chi connectivity index (χ1v) is 5.26. The van der Waals surface area contributed by atoms with Gasteiger partial charge in [-0.3, -0.25) is 0 Å². The predicted molar refractivity (Wildman–Crippen MR) is 49.0 cm³/mol. The molecule has 2 N–H and O–H groups in total. The Morgan fingerprint density at radius 1 is 1.38 bits per heavy atom. The van der Waals surface area contributed by atoms with Gasteiger partial charge in [-0.15, -0.1) is 0 Å². The van der Waals surface area contributed by atoms with Crippen LogP contribution in [0.25, 0.3) is 0 Å². The van der Waals surface area contributed by atoms with Crippen molar-refractivity contribution in [2.75, 3.05) is 6.61 Å². The first-order valence-electron chi connectivity index (χ1n) is 5.26. The van der Waals surface area contributed by atoms with Crippen molar-refractivity contribution >= 4 is 0 Å². The average Bonchev–Trinajstić information content (AvgIpc) is 2.77. The van der Waals surface area contributed by atoms with E-state index >= 15 is 0 Å². The maximum atomic E-state index is 9.82. The average molecular weight is 180 g/mol. The Hall–Kier alpha value is -0.340. The van der Waals surface area contributed by atoms with Crippen LogP contribution in [-0.2, 0) is 0 Å². The Kier molecular flexibility index (Phi) is 1.46. The second-order valence-corrected chi connectivity index (χ2v) is 4.92. The molecule has 2 saturated carbocycles. The van der Waals surface area contributed by atoms with Crippen LogP contribution in [-0.4, -0.2) is 22.9 Å². The van der Waals surface area contributed by atoms with E-state index in [2.05, 4.69) is 6.08 Å². The van der Waals surface area contributed by atoms with E-state index in [1.165, 1.54) is 19.3 Å². The quantitative estimate of drug-likeness (QED) is 0.590. The highest BCUT2D eigenvalue weighted by Crippen LogP contribution is 2.63. The van der Waals surface area contributed by atoms with Crippen molar-refractivity contribution in [2.24, 2.45) is 23.2 Å². The maximum Gasteiger partial charge on any atom is 0.0761 e. The van der Waals surface area contributed by atoms with Crippen LogP contribution < -0.4 is 0 Å². The fraction of sp³-hybridized carbons (Fsp3) is 0.818. The molecule has 2 heteroatoms. The normalized spacial score (nSPS) is 57.4. The van der Waals surface area contributed by atoms with E-state index in [1.807, 2.05) is 6.08 Å². The van der Waals surface area contributed by atoms with Gasteiger partial charge < -0.3 is 10.2 Å². The second kappa shape index (κ2) is 2.37. The summed E-state index contributed by atoms with van der Waals surface area (Å²) in [5.41, 5.74) is -0.0394. The minimum atomic E-state index is -0.289. The zero-order chi connectivity index (χ0) is 9.05. The third-order valence-electron chi connectivity index (χ3n) is 4.61. The molecule has 0 amide bonds. The summed E-state index contributed by atoms with van der Waals surface area (Å²) in [6.07, 6.45) is 7.43. The van der Waals surface area contributed by atoms with Crippen LogP contribution in [0.2, 0.25) is 0 Å². The summed E-state index contributed by atoms with van der Waals surface area (Å²) in [6.45, 7) is 0.229. The first kappa shape index (κ1) is 8.01. The fourth-order valence-electron chi connectivity index (χ4n) is 4.07. The number of hydrogen-bond acceptors (Lipinski definition) is 2. The topological polar surface area (TPSA) is 40.5 Å². The summed E-state index contributed by atoms with van der Waals surface area (Å²) in [5.74, 6) is 1.64. The Morgan fingerprint density at radius 3 is 2.92 bits per heavy atom. The van der Waals surface area contributed by atoms with Crippen LogP contribution >= 0.6 is 0 Å². The molecule has 0 spiro atoms. The summed E-state index contributed by atoms with van der Waals surface area (Å²) < 4.78 is 0. The highest BCUT2D eigenvalue weighted by Gasteiger charge is 2.60. The summed E-state index contributed by atoms with van der Waals surface area (Å²) in [5, 5.41) is 19.3. The summed E-state index contributed by atoms with van der Waals surface area (Å²) in [7, 11) is 0. The van der Waals surface area contributed by atoms with Crippen molar-refractivity contribution in [3.8, 4) is 0 Å². The largest absolute Gasteiger partial charge is 0.395 e. The molecule has 13 heavy (non-hydrogen) atoms. The van der Waals surface area contributed by atoms with Gasteiger partial charge in [0, 0.05) is 11.3 Å². The molecule has 3 aliphatic rings. The van der Waals surface area contributed by atoms with Crippen molar-refractivity contribution in [2.45, 2.75) is 25.4 Å². The standard InChI is InChI=1S/C11H16O2/c12-6-11-4-3-9(13)10(11)7-1-2-8(11)5-7/h3-4,7-10,12-13H,1-2,5-6H2/t7?,8?,9-,10?,11+/m1/s1. The monoisotopic (exact) mass is 180 g/mol. The smallest absolute Gasteiger partial charge is 0.0761 e. The first-order chi connectivity index (χ1) is 6.28. The lowest BCUT2D eigenvalue weighted by molar-refractivity contribution is 0.0116. The van der Waals surface area contributed by atoms with Crippen LogP contribution in [0.15, 0.2) is 12.2 Å². The lowest BCUT2D eigenvalue weighted by atomic mass is 9.68. The summed E-state index contributed by atoms with van der Waals surface area (Å²) in [4.78, 5) is 0. The molecule has 0 heterocycles. The third-order valence-corrected chi connectivity index (χ3v) is 4.61. The highest BCUT2D eigenvalue weighted by atomic mass is 16.3. The van der Waals surface area contributed by atoms with Gasteiger partial charge >= 0.3 is 0 Å². The molecule has 0 aromatic carbocycles.